The summed E-state index contributed by atoms with van der Waals surface area (Å²) >= 11 is 0. The highest BCUT2D eigenvalue weighted by Crippen LogP contribution is 1.84. The summed E-state index contributed by atoms with van der Waals surface area (Å²) in [6.07, 6.45) is 0. The first-order valence-electron chi connectivity index (χ1n) is 2.20. The molecule has 0 spiro atoms. The Morgan fingerprint density at radius 3 is 2.30 bits per heavy atom. The lowest BCUT2D eigenvalue weighted by Gasteiger charge is -1.94. The largest absolute Gasteiger partial charge is 0.397 e. The van der Waals surface area contributed by atoms with E-state index in [4.69, 9.17) is 9.66 Å². The summed E-state index contributed by atoms with van der Waals surface area (Å²) in [6.45, 7) is -1.65. The molecule has 0 radical (unpaired) electrons. The van der Waals surface area contributed by atoms with Crippen LogP contribution in [0.15, 0.2) is 0 Å². The van der Waals surface area contributed by atoms with Crippen molar-refractivity contribution >= 4 is 16.2 Å². The Balaban J connectivity index is 3.67. The van der Waals surface area contributed by atoms with Crippen molar-refractivity contribution in [1.29, 1.82) is 0 Å². The molecular weight excluding hydrogens is 164 g/mol. The van der Waals surface area contributed by atoms with Gasteiger partial charge < -0.3 is 5.11 Å². The number of ketones is 1. The molecule has 0 unspecified atom stereocenters. The first-order chi connectivity index (χ1) is 4.45. The third-order valence-electron chi connectivity index (χ3n) is 0.545. The van der Waals surface area contributed by atoms with Crippen LogP contribution >= 0.6 is 0 Å². The Kier molecular flexibility index (Phi) is 3.43. The molecule has 0 heterocycles. The Hall–Kier alpha value is -0.500. The first-order valence-corrected chi connectivity index (χ1v) is 3.56. The molecule has 0 bridgehead atoms. The van der Waals surface area contributed by atoms with Gasteiger partial charge in [0.1, 0.15) is 13.2 Å². The maximum Gasteiger partial charge on any atom is 0.397 e. The van der Waals surface area contributed by atoms with Gasteiger partial charge in [0.25, 0.3) is 0 Å². The zero-order chi connectivity index (χ0) is 8.20. The molecular formula is C3H6O6S. The second-order valence-electron chi connectivity index (χ2n) is 1.39. The van der Waals surface area contributed by atoms with Crippen molar-refractivity contribution in [1.82, 2.24) is 0 Å². The van der Waals surface area contributed by atoms with Crippen LogP contribution in [-0.2, 0) is 19.4 Å². The monoisotopic (exact) mass is 170 g/mol. The van der Waals surface area contributed by atoms with Crippen LogP contribution in [0.2, 0.25) is 0 Å². The van der Waals surface area contributed by atoms with E-state index in [1.165, 1.54) is 0 Å². The van der Waals surface area contributed by atoms with Crippen LogP contribution in [0, 0.1) is 0 Å². The number of hydrogen-bond donors (Lipinski definition) is 2. The third-order valence-corrected chi connectivity index (χ3v) is 0.961. The lowest BCUT2D eigenvalue weighted by atomic mass is 10.5. The van der Waals surface area contributed by atoms with E-state index in [-0.39, 0.29) is 0 Å². The van der Waals surface area contributed by atoms with E-state index in [0.717, 1.165) is 0 Å². The topological polar surface area (TPSA) is 101 Å². The molecule has 0 saturated heterocycles. The quantitative estimate of drug-likeness (QED) is 0.491. The highest BCUT2D eigenvalue weighted by Gasteiger charge is 2.07. The van der Waals surface area contributed by atoms with E-state index in [2.05, 4.69) is 4.18 Å². The summed E-state index contributed by atoms with van der Waals surface area (Å²) in [6, 6.07) is 0. The average Bonchev–Trinajstić information content (AvgIpc) is 1.81. The molecule has 0 aromatic rings. The van der Waals surface area contributed by atoms with Gasteiger partial charge >= 0.3 is 10.4 Å². The van der Waals surface area contributed by atoms with Crippen LogP contribution in [0.5, 0.6) is 0 Å². The van der Waals surface area contributed by atoms with Crippen LogP contribution in [0.25, 0.3) is 0 Å². The highest BCUT2D eigenvalue weighted by molar-refractivity contribution is 7.80. The van der Waals surface area contributed by atoms with Gasteiger partial charge in [-0.1, -0.05) is 0 Å². The fourth-order valence-corrected chi connectivity index (χ4v) is 0.466. The predicted octanol–water partition coefficient (Wildman–Crippen LogP) is -1.63. The maximum absolute atomic E-state index is 10.1. The van der Waals surface area contributed by atoms with Gasteiger partial charge in [0.15, 0.2) is 5.78 Å². The van der Waals surface area contributed by atoms with Gasteiger partial charge in [-0.3, -0.25) is 9.35 Å². The number of carbonyl (C=O) groups excluding carboxylic acids is 1. The molecule has 0 amide bonds. The molecule has 60 valence electrons. The van der Waals surface area contributed by atoms with Crippen molar-refractivity contribution in [3.05, 3.63) is 0 Å². The summed E-state index contributed by atoms with van der Waals surface area (Å²) in [7, 11) is -4.56. The van der Waals surface area contributed by atoms with Gasteiger partial charge in [0.2, 0.25) is 0 Å². The van der Waals surface area contributed by atoms with Gasteiger partial charge in [0, 0.05) is 0 Å². The molecule has 0 fully saturated rings. The van der Waals surface area contributed by atoms with E-state index >= 15 is 0 Å². The highest BCUT2D eigenvalue weighted by atomic mass is 32.3. The van der Waals surface area contributed by atoms with Crippen LogP contribution < -0.4 is 0 Å². The van der Waals surface area contributed by atoms with Gasteiger partial charge in [-0.05, 0) is 0 Å². The summed E-state index contributed by atoms with van der Waals surface area (Å²) < 4.78 is 31.0. The smallest absolute Gasteiger partial charge is 0.388 e. The number of aliphatic hydroxyl groups is 1. The minimum atomic E-state index is -4.56. The third kappa shape index (κ3) is 5.63. The lowest BCUT2D eigenvalue weighted by Crippen LogP contribution is -2.15. The van der Waals surface area contributed by atoms with Crippen LogP contribution in [-0.4, -0.2) is 37.1 Å². The minimum Gasteiger partial charge on any atom is -0.388 e. The zero-order valence-corrected chi connectivity index (χ0v) is 5.67. The fourth-order valence-electron chi connectivity index (χ4n) is 0.186. The Morgan fingerprint density at radius 2 is 2.00 bits per heavy atom. The Labute approximate surface area is 57.4 Å². The van der Waals surface area contributed by atoms with Crippen LogP contribution in [0.1, 0.15) is 0 Å². The molecule has 0 saturated carbocycles. The molecule has 0 aromatic carbocycles. The minimum absolute atomic E-state index is 0.810. The van der Waals surface area contributed by atoms with Crippen molar-refractivity contribution < 1.29 is 27.1 Å². The van der Waals surface area contributed by atoms with E-state index < -0.39 is 29.4 Å². The maximum atomic E-state index is 10.1. The predicted molar refractivity (Wildman–Crippen MR) is 29.6 cm³/mol. The SMILES string of the molecule is O=C(CO)COS(=O)(=O)O. The van der Waals surface area contributed by atoms with Crippen molar-refractivity contribution in [2.75, 3.05) is 13.2 Å². The molecule has 0 rings (SSSR count). The van der Waals surface area contributed by atoms with Gasteiger partial charge in [-0.25, -0.2) is 4.18 Å². The Bertz CT molecular complexity index is 203. The molecule has 0 aliphatic heterocycles. The van der Waals surface area contributed by atoms with Crippen molar-refractivity contribution in [2.24, 2.45) is 0 Å². The van der Waals surface area contributed by atoms with Crippen molar-refractivity contribution in [2.45, 2.75) is 0 Å². The van der Waals surface area contributed by atoms with Crippen molar-refractivity contribution in [3.63, 3.8) is 0 Å². The van der Waals surface area contributed by atoms with E-state index in [1.807, 2.05) is 0 Å². The van der Waals surface area contributed by atoms with Gasteiger partial charge in [-0.2, -0.15) is 8.42 Å². The number of carbonyl (C=O) groups is 1. The molecule has 0 atom stereocenters. The summed E-state index contributed by atoms with van der Waals surface area (Å²) in [5.41, 5.74) is 0. The van der Waals surface area contributed by atoms with Crippen LogP contribution in [0.4, 0.5) is 0 Å². The van der Waals surface area contributed by atoms with E-state index in [9.17, 15) is 13.2 Å². The fraction of sp³-hybridized carbons (Fsp3) is 0.667. The normalized spacial score (nSPS) is 11.4. The summed E-state index contributed by atoms with van der Waals surface area (Å²) in [5.74, 6) is -0.822. The number of hydrogen-bond acceptors (Lipinski definition) is 5. The molecule has 0 aliphatic rings. The molecule has 10 heavy (non-hydrogen) atoms. The van der Waals surface area contributed by atoms with E-state index in [1.54, 1.807) is 0 Å². The number of rotatable bonds is 4. The summed E-state index contributed by atoms with van der Waals surface area (Å²) in [5, 5.41) is 8.03. The van der Waals surface area contributed by atoms with Crippen LogP contribution in [0.3, 0.4) is 0 Å². The van der Waals surface area contributed by atoms with Gasteiger partial charge in [0.05, 0.1) is 0 Å². The molecule has 6 nitrogen and oxygen atoms in total. The molecule has 0 aliphatic carbocycles. The van der Waals surface area contributed by atoms with E-state index in [0.29, 0.717) is 0 Å². The molecule has 2 N–H and O–H groups in total. The molecule has 7 heteroatoms. The average molecular weight is 170 g/mol. The number of aliphatic hydroxyl groups excluding tert-OH is 1. The lowest BCUT2D eigenvalue weighted by molar-refractivity contribution is -0.123. The standard InChI is InChI=1S/C3H6O6S/c4-1-3(5)2-9-10(6,7)8/h4H,1-2H2,(H,6,7,8). The number of Topliss-reactive ketones (excluding diaryl/α,β-unsaturated/α-hetero) is 1. The second-order valence-corrected chi connectivity index (χ2v) is 2.48. The first kappa shape index (κ1) is 9.50. The van der Waals surface area contributed by atoms with Crippen molar-refractivity contribution in [3.8, 4) is 0 Å². The second kappa shape index (κ2) is 3.62. The zero-order valence-electron chi connectivity index (χ0n) is 4.85. The van der Waals surface area contributed by atoms with Gasteiger partial charge in [-0.15, -0.1) is 0 Å². The molecule has 0 aromatic heterocycles. The Morgan fingerprint density at radius 1 is 1.50 bits per heavy atom. The summed E-state index contributed by atoms with van der Waals surface area (Å²) in [4.78, 5) is 10.1.